The molecular formula is C21H27F2N3O4. The van der Waals surface area contributed by atoms with Crippen molar-refractivity contribution in [3.8, 4) is 0 Å². The molecule has 1 aromatic heterocycles. The normalized spacial score (nSPS) is 18.9. The fourth-order valence-electron chi connectivity index (χ4n) is 4.13. The standard InChI is InChI=1S/C20H23F2N3O3.CH4O/c1-20(2,3)28-19(27)25-6-4-5-13(25)18-23-16-14(21)11-7-10(9-26)8-12(11)15(22)17(16)24-18;1-2/h9-10,13H,4-8H2,1-3H3,(H,23,24);2H,1H3. The number of nitrogens with one attached hydrogen (secondary N) is 1. The van der Waals surface area contributed by atoms with Gasteiger partial charge in [0, 0.05) is 19.6 Å². The van der Waals surface area contributed by atoms with Gasteiger partial charge in [0.15, 0.2) is 11.6 Å². The van der Waals surface area contributed by atoms with Crippen LogP contribution in [0.25, 0.3) is 11.0 Å². The van der Waals surface area contributed by atoms with E-state index >= 15 is 0 Å². The molecule has 0 radical (unpaired) electrons. The van der Waals surface area contributed by atoms with Gasteiger partial charge in [-0.1, -0.05) is 0 Å². The molecule has 7 nitrogen and oxygen atoms in total. The van der Waals surface area contributed by atoms with Crippen LogP contribution in [0, 0.1) is 17.6 Å². The predicted molar refractivity (Wildman–Crippen MR) is 106 cm³/mol. The molecule has 1 aliphatic heterocycles. The Hall–Kier alpha value is -2.55. The first-order valence-electron chi connectivity index (χ1n) is 9.97. The van der Waals surface area contributed by atoms with E-state index in [1.807, 2.05) is 0 Å². The second-order valence-electron chi connectivity index (χ2n) is 8.57. The maximum Gasteiger partial charge on any atom is 0.410 e. The fraction of sp³-hybridized carbons (Fsp3) is 0.571. The zero-order valence-corrected chi connectivity index (χ0v) is 17.6. The second-order valence-corrected chi connectivity index (χ2v) is 8.57. The summed E-state index contributed by atoms with van der Waals surface area (Å²) in [6.45, 7) is 5.86. The number of carbonyl (C=O) groups is 2. The summed E-state index contributed by atoms with van der Waals surface area (Å²) in [5, 5.41) is 7.00. The highest BCUT2D eigenvalue weighted by Crippen LogP contribution is 2.38. The number of aromatic nitrogens is 2. The number of aromatic amines is 1. The largest absolute Gasteiger partial charge is 0.444 e. The lowest BCUT2D eigenvalue weighted by atomic mass is 10.1. The lowest BCUT2D eigenvalue weighted by Crippen LogP contribution is -2.36. The van der Waals surface area contributed by atoms with Crippen molar-refractivity contribution in [1.29, 1.82) is 0 Å². The molecule has 1 amide bonds. The molecule has 2 unspecified atom stereocenters. The maximum absolute atomic E-state index is 15.0. The monoisotopic (exact) mass is 423 g/mol. The number of ether oxygens (including phenoxy) is 1. The molecule has 2 N–H and O–H groups in total. The number of rotatable bonds is 2. The van der Waals surface area contributed by atoms with Crippen LogP contribution in [0.1, 0.15) is 56.6 Å². The smallest absolute Gasteiger partial charge is 0.410 e. The van der Waals surface area contributed by atoms with Crippen molar-refractivity contribution in [3.63, 3.8) is 0 Å². The first-order valence-corrected chi connectivity index (χ1v) is 9.97. The summed E-state index contributed by atoms with van der Waals surface area (Å²) in [6.07, 6.45) is 2.04. The average molecular weight is 423 g/mol. The molecule has 2 aromatic rings. The number of H-pyrrole nitrogens is 1. The summed E-state index contributed by atoms with van der Waals surface area (Å²) in [5.41, 5.74) is -0.238. The number of aliphatic hydroxyl groups is 1. The van der Waals surface area contributed by atoms with Crippen LogP contribution in [0.4, 0.5) is 13.6 Å². The minimum Gasteiger partial charge on any atom is -0.444 e. The van der Waals surface area contributed by atoms with Gasteiger partial charge in [0.05, 0.1) is 6.04 Å². The first kappa shape index (κ1) is 22.1. The molecule has 1 fully saturated rings. The first-order chi connectivity index (χ1) is 14.2. The van der Waals surface area contributed by atoms with Crippen LogP contribution in [0.3, 0.4) is 0 Å². The Morgan fingerprint density at radius 1 is 1.23 bits per heavy atom. The van der Waals surface area contributed by atoms with E-state index in [4.69, 9.17) is 9.84 Å². The SMILES string of the molecule is CC(C)(C)OC(=O)N1CCCC1c1nc2c(F)c3c(c(F)c2[nH]1)CC(C=O)C3.CO. The molecule has 4 rings (SSSR count). The Balaban J connectivity index is 0.00000124. The van der Waals surface area contributed by atoms with Gasteiger partial charge in [-0.2, -0.15) is 0 Å². The van der Waals surface area contributed by atoms with E-state index in [1.54, 1.807) is 25.7 Å². The Kier molecular flexibility index (Phi) is 6.12. The Morgan fingerprint density at radius 3 is 2.47 bits per heavy atom. The van der Waals surface area contributed by atoms with Crippen molar-refractivity contribution in [1.82, 2.24) is 14.9 Å². The van der Waals surface area contributed by atoms with Crippen molar-refractivity contribution in [2.24, 2.45) is 5.92 Å². The van der Waals surface area contributed by atoms with Crippen LogP contribution in [-0.2, 0) is 22.4 Å². The van der Waals surface area contributed by atoms with E-state index in [9.17, 15) is 18.4 Å². The van der Waals surface area contributed by atoms with Crippen LogP contribution in [0.5, 0.6) is 0 Å². The summed E-state index contributed by atoms with van der Waals surface area (Å²) in [5.74, 6) is -1.19. The zero-order chi connectivity index (χ0) is 22.2. The van der Waals surface area contributed by atoms with E-state index in [-0.39, 0.29) is 35.0 Å². The van der Waals surface area contributed by atoms with Gasteiger partial charge in [-0.15, -0.1) is 0 Å². The van der Waals surface area contributed by atoms with Crippen LogP contribution < -0.4 is 0 Å². The number of halogens is 2. The minimum atomic E-state index is -0.633. The van der Waals surface area contributed by atoms with Crippen molar-refractivity contribution in [2.45, 2.75) is 58.1 Å². The predicted octanol–water partition coefficient (Wildman–Crippen LogP) is 3.44. The van der Waals surface area contributed by atoms with Crippen molar-refractivity contribution < 1.29 is 28.2 Å². The van der Waals surface area contributed by atoms with Crippen LogP contribution >= 0.6 is 0 Å². The minimum absolute atomic E-state index is 0.00571. The highest BCUT2D eigenvalue weighted by Gasteiger charge is 2.37. The number of hydrogen-bond acceptors (Lipinski definition) is 5. The van der Waals surface area contributed by atoms with E-state index < -0.39 is 35.3 Å². The summed E-state index contributed by atoms with van der Waals surface area (Å²) in [7, 11) is 1.00. The van der Waals surface area contributed by atoms with E-state index in [0.717, 1.165) is 19.8 Å². The number of nitrogens with zero attached hydrogens (tertiary/aromatic N) is 2. The summed E-state index contributed by atoms with van der Waals surface area (Å²) in [6, 6.07) is -0.418. The molecule has 2 aliphatic rings. The highest BCUT2D eigenvalue weighted by atomic mass is 19.1. The Morgan fingerprint density at radius 2 is 1.87 bits per heavy atom. The second kappa shape index (κ2) is 8.29. The third kappa shape index (κ3) is 3.90. The number of amides is 1. The van der Waals surface area contributed by atoms with E-state index in [1.165, 1.54) is 0 Å². The molecule has 1 saturated heterocycles. The topological polar surface area (TPSA) is 95.5 Å². The Bertz CT molecular complexity index is 919. The highest BCUT2D eigenvalue weighted by molar-refractivity contribution is 5.80. The van der Waals surface area contributed by atoms with Gasteiger partial charge in [-0.3, -0.25) is 4.90 Å². The lowest BCUT2D eigenvalue weighted by molar-refractivity contribution is -0.110. The number of likely N-dealkylation sites (tertiary alicyclic amines) is 1. The van der Waals surface area contributed by atoms with Gasteiger partial charge in [0.25, 0.3) is 0 Å². The molecule has 30 heavy (non-hydrogen) atoms. The maximum atomic E-state index is 15.0. The van der Waals surface area contributed by atoms with E-state index in [2.05, 4.69) is 9.97 Å². The molecule has 2 heterocycles. The Labute approximate surface area is 173 Å². The molecule has 0 bridgehead atoms. The van der Waals surface area contributed by atoms with Gasteiger partial charge >= 0.3 is 6.09 Å². The number of aldehydes is 1. The average Bonchev–Trinajstić information content (AvgIpc) is 3.43. The number of fused-ring (bicyclic) bond motifs is 2. The summed E-state index contributed by atoms with van der Waals surface area (Å²) >= 11 is 0. The lowest BCUT2D eigenvalue weighted by Gasteiger charge is -2.27. The van der Waals surface area contributed by atoms with Crippen molar-refractivity contribution >= 4 is 23.4 Å². The third-order valence-corrected chi connectivity index (χ3v) is 5.37. The van der Waals surface area contributed by atoms with Gasteiger partial charge in [0.1, 0.15) is 28.7 Å². The fourth-order valence-corrected chi connectivity index (χ4v) is 4.13. The van der Waals surface area contributed by atoms with Crippen LogP contribution in [-0.4, -0.2) is 51.6 Å². The molecule has 0 spiro atoms. The quantitative estimate of drug-likeness (QED) is 0.722. The van der Waals surface area contributed by atoms with Crippen molar-refractivity contribution in [3.05, 3.63) is 28.6 Å². The van der Waals surface area contributed by atoms with Crippen LogP contribution in [0.2, 0.25) is 0 Å². The molecule has 0 saturated carbocycles. The van der Waals surface area contributed by atoms with Gasteiger partial charge in [0.2, 0.25) is 0 Å². The van der Waals surface area contributed by atoms with Crippen LogP contribution in [0.15, 0.2) is 0 Å². The van der Waals surface area contributed by atoms with Gasteiger partial charge < -0.3 is 19.6 Å². The zero-order valence-electron chi connectivity index (χ0n) is 17.6. The molecule has 1 aromatic carbocycles. The molecule has 1 aliphatic carbocycles. The number of benzene rings is 1. The summed E-state index contributed by atoms with van der Waals surface area (Å²) in [4.78, 5) is 32.3. The van der Waals surface area contributed by atoms with E-state index in [0.29, 0.717) is 18.8 Å². The number of aliphatic hydroxyl groups excluding tert-OH is 1. The molecule has 164 valence electrons. The number of carbonyl (C=O) groups excluding carboxylic acids is 2. The van der Waals surface area contributed by atoms with Gasteiger partial charge in [-0.25, -0.2) is 18.6 Å². The number of hydrogen-bond donors (Lipinski definition) is 2. The summed E-state index contributed by atoms with van der Waals surface area (Å²) < 4.78 is 35.4. The molecule has 9 heteroatoms. The number of imidazole rings is 1. The van der Waals surface area contributed by atoms with Gasteiger partial charge in [-0.05, 0) is 57.6 Å². The van der Waals surface area contributed by atoms with Crippen molar-refractivity contribution in [2.75, 3.05) is 13.7 Å². The third-order valence-electron chi connectivity index (χ3n) is 5.37. The molecule has 2 atom stereocenters. The molecular weight excluding hydrogens is 396 g/mol.